The van der Waals surface area contributed by atoms with Crippen molar-refractivity contribution in [2.45, 2.75) is 34.2 Å². The van der Waals surface area contributed by atoms with Crippen molar-refractivity contribution in [3.8, 4) is 11.4 Å². The van der Waals surface area contributed by atoms with Gasteiger partial charge in [-0.1, -0.05) is 41.6 Å². The van der Waals surface area contributed by atoms with Crippen LogP contribution in [0.5, 0.6) is 0 Å². The molecule has 0 spiro atoms. The molecule has 8 heteroatoms. The smallest absolute Gasteiger partial charge is 0.295 e. The number of carbonyl (C=O) groups is 1. The van der Waals surface area contributed by atoms with Gasteiger partial charge in [-0.15, -0.1) is 11.3 Å². The SMILES string of the molecule is CC(=O)N(c1nc(Cn2c(-c3ccccc3C)noc2=O)cs1)c1cccc(C)c1C. The van der Waals surface area contributed by atoms with Gasteiger partial charge < -0.3 is 0 Å². The molecule has 2 heterocycles. The van der Waals surface area contributed by atoms with Crippen LogP contribution in [0.2, 0.25) is 0 Å². The van der Waals surface area contributed by atoms with Gasteiger partial charge in [-0.05, 0) is 43.5 Å². The molecule has 0 aliphatic rings. The van der Waals surface area contributed by atoms with E-state index in [0.29, 0.717) is 16.6 Å². The molecule has 0 atom stereocenters. The van der Waals surface area contributed by atoms with Crippen LogP contribution in [0, 0.1) is 20.8 Å². The zero-order valence-corrected chi connectivity index (χ0v) is 18.6. The molecule has 7 nitrogen and oxygen atoms in total. The lowest BCUT2D eigenvalue weighted by atomic mass is 10.1. The first-order chi connectivity index (χ1) is 14.9. The Morgan fingerprint density at radius 2 is 1.84 bits per heavy atom. The molecule has 4 rings (SSSR count). The van der Waals surface area contributed by atoms with Gasteiger partial charge in [0.15, 0.2) is 11.0 Å². The van der Waals surface area contributed by atoms with E-state index in [4.69, 9.17) is 4.52 Å². The number of aromatic nitrogens is 3. The van der Waals surface area contributed by atoms with E-state index in [0.717, 1.165) is 27.9 Å². The minimum atomic E-state index is -0.550. The maximum Gasteiger partial charge on any atom is 0.442 e. The highest BCUT2D eigenvalue weighted by Crippen LogP contribution is 2.32. The van der Waals surface area contributed by atoms with E-state index in [1.165, 1.54) is 22.8 Å². The van der Waals surface area contributed by atoms with Crippen molar-refractivity contribution in [3.63, 3.8) is 0 Å². The molecule has 0 bridgehead atoms. The topological polar surface area (TPSA) is 81.2 Å². The Morgan fingerprint density at radius 1 is 1.10 bits per heavy atom. The lowest BCUT2D eigenvalue weighted by Crippen LogP contribution is -2.24. The molecule has 0 aliphatic heterocycles. The van der Waals surface area contributed by atoms with Gasteiger partial charge in [-0.25, -0.2) is 9.78 Å². The number of amides is 1. The van der Waals surface area contributed by atoms with Crippen LogP contribution in [-0.2, 0) is 11.3 Å². The summed E-state index contributed by atoms with van der Waals surface area (Å²) in [4.78, 5) is 31.1. The summed E-state index contributed by atoms with van der Waals surface area (Å²) < 4.78 is 6.39. The van der Waals surface area contributed by atoms with E-state index in [1.54, 1.807) is 4.90 Å². The first-order valence-electron chi connectivity index (χ1n) is 9.80. The number of thiazole rings is 1. The third-order valence-corrected chi connectivity index (χ3v) is 6.13. The number of rotatable bonds is 5. The second-order valence-electron chi connectivity index (χ2n) is 7.37. The van der Waals surface area contributed by atoms with Gasteiger partial charge >= 0.3 is 5.76 Å². The van der Waals surface area contributed by atoms with Gasteiger partial charge in [0.25, 0.3) is 0 Å². The third-order valence-electron chi connectivity index (χ3n) is 5.26. The number of aryl methyl sites for hydroxylation is 2. The summed E-state index contributed by atoms with van der Waals surface area (Å²) in [6, 6.07) is 13.5. The molecule has 31 heavy (non-hydrogen) atoms. The number of hydrogen-bond acceptors (Lipinski definition) is 6. The van der Waals surface area contributed by atoms with E-state index < -0.39 is 5.76 Å². The van der Waals surface area contributed by atoms with Crippen LogP contribution in [0.1, 0.15) is 29.3 Å². The zero-order chi connectivity index (χ0) is 22.1. The summed E-state index contributed by atoms with van der Waals surface area (Å²) in [6.07, 6.45) is 0. The second-order valence-corrected chi connectivity index (χ2v) is 8.20. The fraction of sp³-hybridized carbons (Fsp3) is 0.217. The summed E-state index contributed by atoms with van der Waals surface area (Å²) >= 11 is 1.36. The van der Waals surface area contributed by atoms with Crippen molar-refractivity contribution in [1.29, 1.82) is 0 Å². The van der Waals surface area contributed by atoms with Gasteiger partial charge in [0, 0.05) is 17.9 Å². The van der Waals surface area contributed by atoms with Crippen molar-refractivity contribution in [3.05, 3.63) is 80.8 Å². The molecule has 2 aromatic heterocycles. The molecule has 4 aromatic rings. The first kappa shape index (κ1) is 20.7. The van der Waals surface area contributed by atoms with Crippen LogP contribution >= 0.6 is 11.3 Å². The van der Waals surface area contributed by atoms with E-state index in [2.05, 4.69) is 10.1 Å². The lowest BCUT2D eigenvalue weighted by Gasteiger charge is -2.21. The summed E-state index contributed by atoms with van der Waals surface area (Å²) in [7, 11) is 0. The molecule has 0 saturated heterocycles. The first-order valence-corrected chi connectivity index (χ1v) is 10.7. The molecule has 0 unspecified atom stereocenters. The Labute approximate surface area is 183 Å². The Balaban J connectivity index is 1.70. The normalized spacial score (nSPS) is 11.0. The minimum absolute atomic E-state index is 0.127. The number of nitrogens with zero attached hydrogens (tertiary/aromatic N) is 4. The fourth-order valence-corrected chi connectivity index (χ4v) is 4.31. The van der Waals surface area contributed by atoms with Crippen molar-refractivity contribution < 1.29 is 9.32 Å². The summed E-state index contributed by atoms with van der Waals surface area (Å²) in [5.74, 6) is -0.223. The molecule has 0 N–H and O–H groups in total. The van der Waals surface area contributed by atoms with Crippen LogP contribution in [0.4, 0.5) is 10.8 Å². The standard InChI is InChI=1S/C23H22N4O3S/c1-14-9-7-11-20(16(14)3)27(17(4)28)22-24-18(13-31-22)12-26-21(25-30-23(26)29)19-10-6-5-8-15(19)2/h5-11,13H,12H2,1-4H3. The van der Waals surface area contributed by atoms with Crippen molar-refractivity contribution in [2.24, 2.45) is 0 Å². The fourth-order valence-electron chi connectivity index (χ4n) is 3.44. The van der Waals surface area contributed by atoms with Crippen LogP contribution < -0.4 is 10.7 Å². The van der Waals surface area contributed by atoms with E-state index in [9.17, 15) is 9.59 Å². The van der Waals surface area contributed by atoms with Crippen LogP contribution in [-0.4, -0.2) is 20.6 Å². The Morgan fingerprint density at radius 3 is 2.58 bits per heavy atom. The average molecular weight is 435 g/mol. The van der Waals surface area contributed by atoms with Gasteiger partial charge in [0.2, 0.25) is 5.91 Å². The van der Waals surface area contributed by atoms with Crippen molar-refractivity contribution in [2.75, 3.05) is 4.90 Å². The van der Waals surface area contributed by atoms with Crippen molar-refractivity contribution >= 4 is 28.1 Å². The predicted molar refractivity (Wildman–Crippen MR) is 121 cm³/mol. The second kappa shape index (κ2) is 8.31. The van der Waals surface area contributed by atoms with E-state index >= 15 is 0 Å². The summed E-state index contributed by atoms with van der Waals surface area (Å²) in [5.41, 5.74) is 5.38. The molecule has 158 valence electrons. The van der Waals surface area contributed by atoms with E-state index in [1.807, 2.05) is 68.6 Å². The number of benzene rings is 2. The molecule has 1 amide bonds. The Hall–Kier alpha value is -3.52. The Bertz CT molecular complexity index is 1320. The number of carbonyl (C=O) groups excluding carboxylic acids is 1. The molecule has 0 fully saturated rings. The summed E-state index contributed by atoms with van der Waals surface area (Å²) in [6.45, 7) is 7.66. The quantitative estimate of drug-likeness (QED) is 0.458. The molecule has 0 saturated carbocycles. The third kappa shape index (κ3) is 3.94. The summed E-state index contributed by atoms with van der Waals surface area (Å²) in [5, 5.41) is 6.37. The highest BCUT2D eigenvalue weighted by Gasteiger charge is 2.21. The van der Waals surface area contributed by atoms with Gasteiger partial charge in [0.05, 0.1) is 17.9 Å². The van der Waals surface area contributed by atoms with Gasteiger partial charge in [0.1, 0.15) is 0 Å². The highest BCUT2D eigenvalue weighted by atomic mass is 32.1. The van der Waals surface area contributed by atoms with Gasteiger partial charge in [-0.2, -0.15) is 0 Å². The molecule has 0 radical (unpaired) electrons. The monoisotopic (exact) mass is 434 g/mol. The molecule has 0 aliphatic carbocycles. The predicted octanol–water partition coefficient (Wildman–Crippen LogP) is 4.62. The largest absolute Gasteiger partial charge is 0.442 e. The van der Waals surface area contributed by atoms with Crippen LogP contribution in [0.3, 0.4) is 0 Å². The van der Waals surface area contributed by atoms with Crippen LogP contribution in [0.15, 0.2) is 57.2 Å². The molecular weight excluding hydrogens is 412 g/mol. The Kier molecular flexibility index (Phi) is 5.56. The lowest BCUT2D eigenvalue weighted by molar-refractivity contribution is -0.115. The van der Waals surface area contributed by atoms with Gasteiger partial charge in [-0.3, -0.25) is 18.8 Å². The van der Waals surface area contributed by atoms with Crippen molar-refractivity contribution in [1.82, 2.24) is 14.7 Å². The number of hydrogen-bond donors (Lipinski definition) is 0. The minimum Gasteiger partial charge on any atom is -0.295 e. The zero-order valence-electron chi connectivity index (χ0n) is 17.7. The average Bonchev–Trinajstić information content (AvgIpc) is 3.33. The maximum absolute atomic E-state index is 12.5. The van der Waals surface area contributed by atoms with Crippen LogP contribution in [0.25, 0.3) is 11.4 Å². The highest BCUT2D eigenvalue weighted by molar-refractivity contribution is 7.14. The maximum atomic E-state index is 12.5. The number of anilines is 2. The molecule has 2 aromatic carbocycles. The van der Waals surface area contributed by atoms with E-state index in [-0.39, 0.29) is 12.5 Å². The molecular formula is C23H22N4O3S.